The van der Waals surface area contributed by atoms with Crippen LogP contribution in [0.4, 0.5) is 0 Å². The van der Waals surface area contributed by atoms with E-state index >= 15 is 0 Å². The Morgan fingerprint density at radius 1 is 1.62 bits per heavy atom. The fourth-order valence-corrected chi connectivity index (χ4v) is 1.61. The Bertz CT molecular complexity index is 347. The second-order valence-corrected chi connectivity index (χ2v) is 3.28. The van der Waals surface area contributed by atoms with Crippen LogP contribution in [0.5, 0.6) is 5.75 Å². The molecule has 0 bridgehead atoms. The van der Waals surface area contributed by atoms with Crippen molar-refractivity contribution in [3.63, 3.8) is 0 Å². The van der Waals surface area contributed by atoms with Crippen molar-refractivity contribution in [2.45, 2.75) is 19.4 Å². The smallest absolute Gasteiger partial charge is 0.123 e. The molecule has 0 saturated heterocycles. The number of rotatable bonds is 1. The van der Waals surface area contributed by atoms with Gasteiger partial charge in [0.25, 0.3) is 0 Å². The Hall–Kier alpha value is -1.51. The number of fused-ring (bicyclic) bond motifs is 1. The number of nitrogens with two attached hydrogens (primary N) is 1. The average molecular weight is 176 g/mol. The third-order valence-electron chi connectivity index (χ3n) is 2.14. The van der Waals surface area contributed by atoms with Crippen LogP contribution in [0.1, 0.15) is 18.1 Å². The lowest BCUT2D eigenvalue weighted by atomic mass is 10.1. The van der Waals surface area contributed by atoms with Crippen molar-refractivity contribution in [2.24, 2.45) is 10.9 Å². The molecule has 0 amide bonds. The number of nitrogens with zero attached hydrogens (tertiary/aromatic N) is 1. The van der Waals surface area contributed by atoms with E-state index in [1.807, 2.05) is 12.1 Å². The standard InChI is InChI=1S/C10H12N2O/c1-7-4-9-5-8(6-12-11)2-3-10(9)13-7/h2-3,5-7H,4,11H2,1H3. The van der Waals surface area contributed by atoms with Crippen molar-refractivity contribution >= 4 is 6.21 Å². The molecule has 1 aliphatic rings. The first kappa shape index (κ1) is 8.10. The number of hydrogen-bond acceptors (Lipinski definition) is 3. The van der Waals surface area contributed by atoms with Gasteiger partial charge in [-0.25, -0.2) is 0 Å². The molecule has 3 nitrogen and oxygen atoms in total. The van der Waals surface area contributed by atoms with Crippen LogP contribution in [0.2, 0.25) is 0 Å². The Kier molecular flexibility index (Phi) is 1.93. The quantitative estimate of drug-likeness (QED) is 0.398. The van der Waals surface area contributed by atoms with Crippen LogP contribution in [0.15, 0.2) is 23.3 Å². The highest BCUT2D eigenvalue weighted by Gasteiger charge is 2.18. The van der Waals surface area contributed by atoms with Crippen molar-refractivity contribution in [3.8, 4) is 5.75 Å². The van der Waals surface area contributed by atoms with Gasteiger partial charge in [-0.15, -0.1) is 0 Å². The molecule has 1 aliphatic heterocycles. The Labute approximate surface area is 77.2 Å². The lowest BCUT2D eigenvalue weighted by Crippen LogP contribution is -2.05. The van der Waals surface area contributed by atoms with Crippen molar-refractivity contribution in [3.05, 3.63) is 29.3 Å². The van der Waals surface area contributed by atoms with Crippen molar-refractivity contribution in [2.75, 3.05) is 0 Å². The molecule has 0 saturated carbocycles. The van der Waals surface area contributed by atoms with E-state index in [4.69, 9.17) is 10.6 Å². The van der Waals surface area contributed by atoms with Crippen LogP contribution < -0.4 is 10.6 Å². The SMILES string of the molecule is CC1Cc2cc(C=NN)ccc2O1. The van der Waals surface area contributed by atoms with Crippen LogP contribution in [0.3, 0.4) is 0 Å². The van der Waals surface area contributed by atoms with Crippen molar-refractivity contribution < 1.29 is 4.74 Å². The van der Waals surface area contributed by atoms with Crippen LogP contribution in [0, 0.1) is 0 Å². The van der Waals surface area contributed by atoms with Gasteiger partial charge in [-0.3, -0.25) is 0 Å². The first-order valence-corrected chi connectivity index (χ1v) is 4.32. The highest BCUT2D eigenvalue weighted by Crippen LogP contribution is 2.28. The van der Waals surface area contributed by atoms with Gasteiger partial charge in [0.05, 0.1) is 6.21 Å². The predicted octanol–water partition coefficient (Wildman–Crippen LogP) is 1.30. The number of hydrogen-bond donors (Lipinski definition) is 1. The second-order valence-electron chi connectivity index (χ2n) is 3.28. The maximum Gasteiger partial charge on any atom is 0.123 e. The average Bonchev–Trinajstić information content (AvgIpc) is 2.44. The predicted molar refractivity (Wildman–Crippen MR) is 52.0 cm³/mol. The van der Waals surface area contributed by atoms with Crippen LogP contribution in [0.25, 0.3) is 0 Å². The van der Waals surface area contributed by atoms with Gasteiger partial charge in [-0.2, -0.15) is 5.10 Å². The molecule has 13 heavy (non-hydrogen) atoms. The van der Waals surface area contributed by atoms with E-state index in [-0.39, 0.29) is 0 Å². The number of ether oxygens (including phenoxy) is 1. The monoisotopic (exact) mass is 176 g/mol. The zero-order valence-corrected chi connectivity index (χ0v) is 7.53. The largest absolute Gasteiger partial charge is 0.490 e. The van der Waals surface area contributed by atoms with E-state index < -0.39 is 0 Å². The summed E-state index contributed by atoms with van der Waals surface area (Å²) in [6.45, 7) is 2.07. The lowest BCUT2D eigenvalue weighted by molar-refractivity contribution is 0.254. The zero-order valence-electron chi connectivity index (χ0n) is 7.53. The Balaban J connectivity index is 2.34. The van der Waals surface area contributed by atoms with E-state index in [9.17, 15) is 0 Å². The molecule has 1 heterocycles. The second kappa shape index (κ2) is 3.09. The molecule has 2 N–H and O–H groups in total. The van der Waals surface area contributed by atoms with Crippen LogP contribution in [-0.2, 0) is 6.42 Å². The fourth-order valence-electron chi connectivity index (χ4n) is 1.61. The maximum absolute atomic E-state index is 5.56. The summed E-state index contributed by atoms with van der Waals surface area (Å²) in [5.74, 6) is 6.06. The van der Waals surface area contributed by atoms with E-state index in [1.165, 1.54) is 5.56 Å². The van der Waals surface area contributed by atoms with Gasteiger partial charge >= 0.3 is 0 Å². The van der Waals surface area contributed by atoms with Gasteiger partial charge in [0, 0.05) is 6.42 Å². The Morgan fingerprint density at radius 3 is 3.23 bits per heavy atom. The van der Waals surface area contributed by atoms with E-state index in [1.54, 1.807) is 6.21 Å². The molecule has 3 heteroatoms. The van der Waals surface area contributed by atoms with E-state index in [0.29, 0.717) is 6.10 Å². The van der Waals surface area contributed by atoms with Gasteiger partial charge in [-0.1, -0.05) is 0 Å². The molecule has 0 spiro atoms. The van der Waals surface area contributed by atoms with Gasteiger partial charge in [0.2, 0.25) is 0 Å². The van der Waals surface area contributed by atoms with Crippen molar-refractivity contribution in [1.82, 2.24) is 0 Å². The summed E-state index contributed by atoms with van der Waals surface area (Å²) < 4.78 is 5.56. The molecule has 0 aliphatic carbocycles. The minimum absolute atomic E-state index is 0.292. The lowest BCUT2D eigenvalue weighted by Gasteiger charge is -2.01. The van der Waals surface area contributed by atoms with Crippen LogP contribution in [-0.4, -0.2) is 12.3 Å². The topological polar surface area (TPSA) is 47.6 Å². The first-order valence-electron chi connectivity index (χ1n) is 4.32. The normalized spacial score (nSPS) is 20.2. The van der Waals surface area contributed by atoms with Gasteiger partial charge < -0.3 is 10.6 Å². The molecule has 1 unspecified atom stereocenters. The molecule has 2 rings (SSSR count). The van der Waals surface area contributed by atoms with Crippen LogP contribution >= 0.6 is 0 Å². The third kappa shape index (κ3) is 1.49. The summed E-state index contributed by atoms with van der Waals surface area (Å²) >= 11 is 0. The molecule has 1 aromatic rings. The summed E-state index contributed by atoms with van der Waals surface area (Å²) in [5, 5.41) is 3.48. The molecule has 0 aromatic heterocycles. The third-order valence-corrected chi connectivity index (χ3v) is 2.14. The van der Waals surface area contributed by atoms with E-state index in [2.05, 4.69) is 18.1 Å². The fraction of sp³-hybridized carbons (Fsp3) is 0.300. The minimum atomic E-state index is 0.292. The number of benzene rings is 1. The highest BCUT2D eigenvalue weighted by atomic mass is 16.5. The number of hydrazone groups is 1. The molecular formula is C10H12N2O. The molecule has 68 valence electrons. The molecule has 1 aromatic carbocycles. The summed E-state index contributed by atoms with van der Waals surface area (Å²) in [7, 11) is 0. The Morgan fingerprint density at radius 2 is 2.46 bits per heavy atom. The molecule has 0 radical (unpaired) electrons. The van der Waals surface area contributed by atoms with Crippen molar-refractivity contribution in [1.29, 1.82) is 0 Å². The highest BCUT2D eigenvalue weighted by molar-refractivity contribution is 5.80. The first-order chi connectivity index (χ1) is 6.29. The van der Waals surface area contributed by atoms with E-state index in [0.717, 1.165) is 17.7 Å². The maximum atomic E-state index is 5.56. The van der Waals surface area contributed by atoms with Gasteiger partial charge in [0.1, 0.15) is 11.9 Å². The van der Waals surface area contributed by atoms with Gasteiger partial charge in [-0.05, 0) is 36.2 Å². The zero-order chi connectivity index (χ0) is 9.26. The minimum Gasteiger partial charge on any atom is -0.490 e. The summed E-state index contributed by atoms with van der Waals surface area (Å²) in [4.78, 5) is 0. The molecular weight excluding hydrogens is 164 g/mol. The van der Waals surface area contributed by atoms with Gasteiger partial charge in [0.15, 0.2) is 0 Å². The summed E-state index contributed by atoms with van der Waals surface area (Å²) in [5.41, 5.74) is 2.27. The molecule has 0 fully saturated rings. The molecule has 1 atom stereocenters. The summed E-state index contributed by atoms with van der Waals surface area (Å²) in [6, 6.07) is 5.98. The summed E-state index contributed by atoms with van der Waals surface area (Å²) in [6.07, 6.45) is 2.91.